The molecule has 1 atom stereocenters. The van der Waals surface area contributed by atoms with Crippen LogP contribution in [0.5, 0.6) is 0 Å². The van der Waals surface area contributed by atoms with E-state index in [0.717, 1.165) is 0 Å². The minimum absolute atomic E-state index is 0.0783. The Morgan fingerprint density at radius 1 is 1.20 bits per heavy atom. The third kappa shape index (κ3) is 8.19. The molecule has 1 aromatic carbocycles. The highest BCUT2D eigenvalue weighted by Gasteiger charge is 2.26. The maximum Gasteiger partial charge on any atom is 0.408 e. The molecule has 0 aromatic heterocycles. The number of alkyl carbamates (subject to hydrolysis) is 1. The van der Waals surface area contributed by atoms with Gasteiger partial charge in [0.15, 0.2) is 5.84 Å². The molecular weight excluding hydrogens is 322 g/mol. The van der Waals surface area contributed by atoms with E-state index in [1.54, 1.807) is 45.0 Å². The largest absolute Gasteiger partial charge is 0.444 e. The van der Waals surface area contributed by atoms with Crippen LogP contribution in [0.4, 0.5) is 4.79 Å². The molecular formula is C18H27N3O4. The van der Waals surface area contributed by atoms with Gasteiger partial charge in [-0.1, -0.05) is 49.3 Å². The first-order valence-corrected chi connectivity index (χ1v) is 8.17. The second-order valence-electron chi connectivity index (χ2n) is 7.08. The molecule has 3 N–H and O–H groups in total. The van der Waals surface area contributed by atoms with Crippen molar-refractivity contribution in [1.29, 1.82) is 0 Å². The predicted octanol–water partition coefficient (Wildman–Crippen LogP) is 2.79. The molecule has 0 aliphatic carbocycles. The fourth-order valence-corrected chi connectivity index (χ4v) is 1.95. The number of amides is 1. The van der Waals surface area contributed by atoms with Gasteiger partial charge in [0.2, 0.25) is 0 Å². The Hall–Kier alpha value is -2.57. The number of rotatable bonds is 6. The van der Waals surface area contributed by atoms with Crippen LogP contribution in [0.1, 0.15) is 46.6 Å². The molecule has 0 bridgehead atoms. The molecule has 0 fully saturated rings. The van der Waals surface area contributed by atoms with Gasteiger partial charge in [-0.3, -0.25) is 0 Å². The van der Waals surface area contributed by atoms with Crippen molar-refractivity contribution in [2.24, 2.45) is 16.8 Å². The summed E-state index contributed by atoms with van der Waals surface area (Å²) in [5, 5.41) is 6.18. The first-order chi connectivity index (χ1) is 11.6. The van der Waals surface area contributed by atoms with Gasteiger partial charge < -0.3 is 20.6 Å². The second-order valence-corrected chi connectivity index (χ2v) is 7.08. The third-order valence-corrected chi connectivity index (χ3v) is 2.99. The summed E-state index contributed by atoms with van der Waals surface area (Å²) in [6, 6.07) is 8.05. The molecule has 1 aromatic rings. The summed E-state index contributed by atoms with van der Waals surface area (Å²) >= 11 is 0. The van der Waals surface area contributed by atoms with Crippen LogP contribution >= 0.6 is 0 Å². The van der Waals surface area contributed by atoms with Crippen LogP contribution in [0, 0.1) is 5.92 Å². The van der Waals surface area contributed by atoms with Crippen molar-refractivity contribution in [3.8, 4) is 0 Å². The molecule has 0 heterocycles. The number of oxime groups is 1. The van der Waals surface area contributed by atoms with Gasteiger partial charge in [0.1, 0.15) is 11.6 Å². The normalized spacial score (nSPS) is 13.3. The van der Waals surface area contributed by atoms with E-state index < -0.39 is 23.7 Å². The van der Waals surface area contributed by atoms with E-state index >= 15 is 0 Å². The Kier molecular flexibility index (Phi) is 7.42. The zero-order chi connectivity index (χ0) is 19.0. The van der Waals surface area contributed by atoms with Gasteiger partial charge in [0, 0.05) is 5.56 Å². The van der Waals surface area contributed by atoms with Crippen LogP contribution < -0.4 is 11.1 Å². The summed E-state index contributed by atoms with van der Waals surface area (Å²) in [5.74, 6) is -0.462. The number of carbonyl (C=O) groups is 2. The van der Waals surface area contributed by atoms with Crippen molar-refractivity contribution in [3.63, 3.8) is 0 Å². The molecule has 0 saturated carbocycles. The lowest BCUT2D eigenvalue weighted by atomic mass is 10.0. The number of carbonyl (C=O) groups excluding carboxylic acids is 2. The van der Waals surface area contributed by atoms with Gasteiger partial charge in [-0.15, -0.1) is 0 Å². The van der Waals surface area contributed by atoms with E-state index in [1.165, 1.54) is 0 Å². The van der Waals surface area contributed by atoms with Gasteiger partial charge in [-0.2, -0.15) is 0 Å². The lowest BCUT2D eigenvalue weighted by Gasteiger charge is -2.23. The summed E-state index contributed by atoms with van der Waals surface area (Å²) in [6.07, 6.45) is -0.297. The molecule has 1 rings (SSSR count). The molecule has 1 unspecified atom stereocenters. The SMILES string of the molecule is CC(C)CC(NC(=O)OC(C)(C)C)C(=O)ON=C(N)c1ccccc1. The van der Waals surface area contributed by atoms with Crippen molar-refractivity contribution < 1.29 is 19.2 Å². The monoisotopic (exact) mass is 349 g/mol. The van der Waals surface area contributed by atoms with Crippen molar-refractivity contribution in [1.82, 2.24) is 5.32 Å². The quantitative estimate of drug-likeness (QED) is 0.356. The molecule has 138 valence electrons. The van der Waals surface area contributed by atoms with Crippen molar-refractivity contribution in [3.05, 3.63) is 35.9 Å². The molecule has 0 radical (unpaired) electrons. The summed E-state index contributed by atoms with van der Waals surface area (Å²) in [7, 11) is 0. The van der Waals surface area contributed by atoms with E-state index in [-0.39, 0.29) is 11.8 Å². The van der Waals surface area contributed by atoms with Crippen LogP contribution in [0.25, 0.3) is 0 Å². The number of benzene rings is 1. The molecule has 7 heteroatoms. The molecule has 0 aliphatic heterocycles. The smallest absolute Gasteiger partial charge is 0.408 e. The highest BCUT2D eigenvalue weighted by molar-refractivity contribution is 5.97. The summed E-state index contributed by atoms with van der Waals surface area (Å²) in [5.41, 5.74) is 5.76. The number of nitrogens with one attached hydrogen (secondary N) is 1. The van der Waals surface area contributed by atoms with Gasteiger partial charge in [-0.25, -0.2) is 9.59 Å². The standard InChI is InChI=1S/C18H27N3O4/c1-12(2)11-14(20-17(23)24-18(3,4)5)16(22)25-21-15(19)13-9-7-6-8-10-13/h6-10,12,14H,11H2,1-5H3,(H2,19,21)(H,20,23). The minimum atomic E-state index is -0.873. The Balaban J connectivity index is 2.74. The number of ether oxygens (including phenoxy) is 1. The Morgan fingerprint density at radius 2 is 1.80 bits per heavy atom. The Labute approximate surface area is 148 Å². The van der Waals surface area contributed by atoms with E-state index in [9.17, 15) is 9.59 Å². The average molecular weight is 349 g/mol. The van der Waals surface area contributed by atoms with Gasteiger partial charge >= 0.3 is 12.1 Å². The van der Waals surface area contributed by atoms with E-state index in [0.29, 0.717) is 12.0 Å². The van der Waals surface area contributed by atoms with Crippen LogP contribution in [0.15, 0.2) is 35.5 Å². The predicted molar refractivity (Wildman–Crippen MR) is 95.9 cm³/mol. The lowest BCUT2D eigenvalue weighted by Crippen LogP contribution is -2.44. The Morgan fingerprint density at radius 3 is 2.32 bits per heavy atom. The molecule has 1 amide bonds. The van der Waals surface area contributed by atoms with Crippen LogP contribution in [-0.2, 0) is 14.4 Å². The fourth-order valence-electron chi connectivity index (χ4n) is 1.95. The van der Waals surface area contributed by atoms with Crippen LogP contribution in [-0.4, -0.2) is 29.5 Å². The maximum absolute atomic E-state index is 12.3. The molecule has 0 aliphatic rings. The van der Waals surface area contributed by atoms with Crippen molar-refractivity contribution in [2.45, 2.75) is 52.7 Å². The highest BCUT2D eigenvalue weighted by atomic mass is 16.7. The summed E-state index contributed by atoms with van der Waals surface area (Å²) in [6.45, 7) is 9.09. The maximum atomic E-state index is 12.3. The third-order valence-electron chi connectivity index (χ3n) is 2.99. The summed E-state index contributed by atoms with van der Waals surface area (Å²) < 4.78 is 5.18. The van der Waals surface area contributed by atoms with Gasteiger partial charge in [-0.05, 0) is 33.1 Å². The number of hydrogen-bond acceptors (Lipinski definition) is 5. The van der Waals surface area contributed by atoms with E-state index in [2.05, 4.69) is 10.5 Å². The van der Waals surface area contributed by atoms with Crippen LogP contribution in [0.3, 0.4) is 0 Å². The molecule has 25 heavy (non-hydrogen) atoms. The first kappa shape index (κ1) is 20.5. The first-order valence-electron chi connectivity index (χ1n) is 8.17. The lowest BCUT2D eigenvalue weighted by molar-refractivity contribution is -0.146. The number of hydrogen-bond donors (Lipinski definition) is 2. The molecule has 7 nitrogen and oxygen atoms in total. The van der Waals surface area contributed by atoms with E-state index in [4.69, 9.17) is 15.3 Å². The molecule has 0 spiro atoms. The van der Waals surface area contributed by atoms with E-state index in [1.807, 2.05) is 19.9 Å². The van der Waals surface area contributed by atoms with Gasteiger partial charge in [0.05, 0.1) is 0 Å². The van der Waals surface area contributed by atoms with Crippen molar-refractivity contribution >= 4 is 17.9 Å². The Bertz CT molecular complexity index is 606. The van der Waals surface area contributed by atoms with Gasteiger partial charge in [0.25, 0.3) is 0 Å². The highest BCUT2D eigenvalue weighted by Crippen LogP contribution is 2.10. The number of nitrogens with zero attached hydrogens (tertiary/aromatic N) is 1. The zero-order valence-corrected chi connectivity index (χ0v) is 15.4. The fraction of sp³-hybridized carbons (Fsp3) is 0.500. The average Bonchev–Trinajstić information content (AvgIpc) is 2.50. The number of amidine groups is 1. The second kappa shape index (κ2) is 9.05. The minimum Gasteiger partial charge on any atom is -0.444 e. The summed E-state index contributed by atoms with van der Waals surface area (Å²) in [4.78, 5) is 29.1. The number of nitrogens with two attached hydrogens (primary N) is 1. The zero-order valence-electron chi connectivity index (χ0n) is 15.4. The molecule has 0 saturated heterocycles. The van der Waals surface area contributed by atoms with Crippen LogP contribution in [0.2, 0.25) is 0 Å². The van der Waals surface area contributed by atoms with Crippen molar-refractivity contribution in [2.75, 3.05) is 0 Å². The topological polar surface area (TPSA) is 103 Å².